The molecule has 0 atom stereocenters. The number of aryl methyl sites for hydroxylation is 1. The van der Waals surface area contributed by atoms with Gasteiger partial charge in [0.05, 0.1) is 17.1 Å². The van der Waals surface area contributed by atoms with Crippen LogP contribution in [0.15, 0.2) is 18.2 Å². The van der Waals surface area contributed by atoms with Gasteiger partial charge in [-0.05, 0) is 31.5 Å². The minimum absolute atomic E-state index is 0.249. The summed E-state index contributed by atoms with van der Waals surface area (Å²) in [4.78, 5) is 23.7. The zero-order valence-electron chi connectivity index (χ0n) is 13.4. The molecule has 0 saturated carbocycles. The quantitative estimate of drug-likeness (QED) is 0.731. The van der Waals surface area contributed by atoms with Gasteiger partial charge >= 0.3 is 6.03 Å². The summed E-state index contributed by atoms with van der Waals surface area (Å²) in [5.74, 6) is -0.249. The third-order valence-electron chi connectivity index (χ3n) is 3.02. The van der Waals surface area contributed by atoms with Crippen LogP contribution >= 0.6 is 22.9 Å². The minimum Gasteiger partial charge on any atom is -0.352 e. The fraction of sp³-hybridized carbons (Fsp3) is 0.333. The van der Waals surface area contributed by atoms with Crippen molar-refractivity contribution in [1.82, 2.24) is 20.8 Å². The van der Waals surface area contributed by atoms with Gasteiger partial charge in [-0.1, -0.05) is 29.9 Å². The van der Waals surface area contributed by atoms with Gasteiger partial charge in [-0.15, -0.1) is 10.2 Å². The SMILES string of the molecule is CCNC(=O)c1ccc(NC(=O)NCc2nnc(CC)s2)cc1Cl. The number of anilines is 1. The summed E-state index contributed by atoms with van der Waals surface area (Å²) in [6.45, 7) is 4.64. The Morgan fingerprint density at radius 2 is 1.92 bits per heavy atom. The molecule has 0 fully saturated rings. The Balaban J connectivity index is 1.91. The molecule has 3 N–H and O–H groups in total. The Morgan fingerprint density at radius 1 is 1.17 bits per heavy atom. The summed E-state index contributed by atoms with van der Waals surface area (Å²) in [5.41, 5.74) is 0.863. The Morgan fingerprint density at radius 3 is 2.54 bits per heavy atom. The van der Waals surface area contributed by atoms with E-state index in [2.05, 4.69) is 26.1 Å². The van der Waals surface area contributed by atoms with E-state index in [4.69, 9.17) is 11.6 Å². The Kier molecular flexibility index (Phi) is 6.51. The third-order valence-corrected chi connectivity index (χ3v) is 4.40. The van der Waals surface area contributed by atoms with Crippen LogP contribution in [0.4, 0.5) is 10.5 Å². The highest BCUT2D eigenvalue weighted by molar-refractivity contribution is 7.11. The van der Waals surface area contributed by atoms with Crippen LogP contribution in [0.2, 0.25) is 5.02 Å². The highest BCUT2D eigenvalue weighted by atomic mass is 35.5. The Bertz CT molecular complexity index is 734. The highest BCUT2D eigenvalue weighted by Crippen LogP contribution is 2.21. The molecule has 2 aromatic rings. The summed E-state index contributed by atoms with van der Waals surface area (Å²) < 4.78 is 0. The first-order valence-corrected chi connectivity index (χ1v) is 8.66. The van der Waals surface area contributed by atoms with E-state index in [0.717, 1.165) is 16.4 Å². The van der Waals surface area contributed by atoms with Crippen molar-refractivity contribution in [3.63, 3.8) is 0 Å². The number of urea groups is 1. The molecule has 0 aliphatic carbocycles. The third kappa shape index (κ3) is 4.90. The molecule has 0 radical (unpaired) electrons. The van der Waals surface area contributed by atoms with Crippen LogP contribution in [0.5, 0.6) is 0 Å². The maximum Gasteiger partial charge on any atom is 0.319 e. The van der Waals surface area contributed by atoms with Gasteiger partial charge in [0.1, 0.15) is 10.0 Å². The van der Waals surface area contributed by atoms with Crippen molar-refractivity contribution in [2.75, 3.05) is 11.9 Å². The average molecular weight is 368 g/mol. The first kappa shape index (κ1) is 18.2. The molecule has 1 aromatic heterocycles. The molecule has 7 nitrogen and oxygen atoms in total. The van der Waals surface area contributed by atoms with Gasteiger partial charge in [-0.25, -0.2) is 4.79 Å². The Labute approximate surface area is 148 Å². The molecule has 9 heteroatoms. The molecule has 128 valence electrons. The summed E-state index contributed by atoms with van der Waals surface area (Å²) >= 11 is 7.55. The zero-order chi connectivity index (χ0) is 17.5. The fourth-order valence-electron chi connectivity index (χ4n) is 1.87. The zero-order valence-corrected chi connectivity index (χ0v) is 14.9. The van der Waals surface area contributed by atoms with E-state index in [-0.39, 0.29) is 17.0 Å². The first-order chi connectivity index (χ1) is 11.5. The second kappa shape index (κ2) is 8.60. The molecular formula is C15H18ClN5O2S. The number of hydrogen-bond acceptors (Lipinski definition) is 5. The van der Waals surface area contributed by atoms with Crippen molar-refractivity contribution in [2.45, 2.75) is 26.8 Å². The summed E-state index contributed by atoms with van der Waals surface area (Å²) in [6, 6.07) is 4.34. The van der Waals surface area contributed by atoms with Crippen LogP contribution in [-0.4, -0.2) is 28.7 Å². The molecule has 24 heavy (non-hydrogen) atoms. The number of carbonyl (C=O) groups excluding carboxylic acids is 2. The van der Waals surface area contributed by atoms with E-state index in [1.165, 1.54) is 17.4 Å². The molecular weight excluding hydrogens is 350 g/mol. The van der Waals surface area contributed by atoms with E-state index < -0.39 is 0 Å². The van der Waals surface area contributed by atoms with Gasteiger partial charge in [0.15, 0.2) is 0 Å². The average Bonchev–Trinajstić information content (AvgIpc) is 3.01. The number of carbonyl (C=O) groups is 2. The predicted octanol–water partition coefficient (Wildman–Crippen LogP) is 2.83. The number of amides is 3. The smallest absolute Gasteiger partial charge is 0.319 e. The number of halogens is 1. The van der Waals surface area contributed by atoms with Crippen LogP contribution in [0, 0.1) is 0 Å². The van der Waals surface area contributed by atoms with Gasteiger partial charge in [-0.2, -0.15) is 0 Å². The van der Waals surface area contributed by atoms with Crippen LogP contribution < -0.4 is 16.0 Å². The van der Waals surface area contributed by atoms with E-state index >= 15 is 0 Å². The molecule has 0 bridgehead atoms. The second-order valence-corrected chi connectivity index (χ2v) is 6.36. The summed E-state index contributed by atoms with van der Waals surface area (Å²) in [7, 11) is 0. The topological polar surface area (TPSA) is 96.0 Å². The van der Waals surface area contributed by atoms with Crippen LogP contribution in [0.3, 0.4) is 0 Å². The largest absolute Gasteiger partial charge is 0.352 e. The van der Waals surface area contributed by atoms with Gasteiger partial charge in [0.25, 0.3) is 5.91 Å². The van der Waals surface area contributed by atoms with Gasteiger partial charge in [-0.3, -0.25) is 4.79 Å². The van der Waals surface area contributed by atoms with Crippen LogP contribution in [0.25, 0.3) is 0 Å². The molecule has 3 amide bonds. The van der Waals surface area contributed by atoms with E-state index in [1.54, 1.807) is 12.1 Å². The minimum atomic E-state index is -0.384. The van der Waals surface area contributed by atoms with Crippen molar-refractivity contribution in [3.8, 4) is 0 Å². The number of rotatable bonds is 6. The van der Waals surface area contributed by atoms with Gasteiger partial charge < -0.3 is 16.0 Å². The van der Waals surface area contributed by atoms with E-state index in [0.29, 0.717) is 24.3 Å². The van der Waals surface area contributed by atoms with E-state index in [9.17, 15) is 9.59 Å². The standard InChI is InChI=1S/C15H18ClN5O2S/c1-3-12-20-21-13(24-12)8-18-15(23)19-9-5-6-10(11(16)7-9)14(22)17-4-2/h5-7H,3-4,8H2,1-2H3,(H,17,22)(H2,18,19,23). The number of hydrogen-bond donors (Lipinski definition) is 3. The lowest BCUT2D eigenvalue weighted by Crippen LogP contribution is -2.28. The lowest BCUT2D eigenvalue weighted by atomic mass is 10.2. The first-order valence-electron chi connectivity index (χ1n) is 7.47. The van der Waals surface area contributed by atoms with Crippen molar-refractivity contribution >= 4 is 40.6 Å². The van der Waals surface area contributed by atoms with Crippen LogP contribution in [-0.2, 0) is 13.0 Å². The van der Waals surface area contributed by atoms with Crippen LogP contribution in [0.1, 0.15) is 34.2 Å². The maximum absolute atomic E-state index is 11.9. The van der Waals surface area contributed by atoms with Crippen molar-refractivity contribution in [2.24, 2.45) is 0 Å². The number of aromatic nitrogens is 2. The molecule has 1 aromatic carbocycles. The Hall–Kier alpha value is -2.19. The van der Waals surface area contributed by atoms with Gasteiger partial charge in [0.2, 0.25) is 0 Å². The molecule has 0 aliphatic rings. The molecule has 0 aliphatic heterocycles. The summed E-state index contributed by atoms with van der Waals surface area (Å²) in [5, 5.41) is 18.0. The molecule has 0 unspecified atom stereocenters. The molecule has 0 saturated heterocycles. The lowest BCUT2D eigenvalue weighted by Gasteiger charge is -2.09. The highest BCUT2D eigenvalue weighted by Gasteiger charge is 2.11. The number of benzene rings is 1. The van der Waals surface area contributed by atoms with Crippen molar-refractivity contribution < 1.29 is 9.59 Å². The van der Waals surface area contributed by atoms with E-state index in [1.807, 2.05) is 13.8 Å². The van der Waals surface area contributed by atoms with Gasteiger partial charge in [0, 0.05) is 12.2 Å². The summed E-state index contributed by atoms with van der Waals surface area (Å²) in [6.07, 6.45) is 0.820. The van der Waals surface area contributed by atoms with Crippen molar-refractivity contribution in [1.29, 1.82) is 0 Å². The molecule has 2 rings (SSSR count). The molecule has 1 heterocycles. The molecule has 0 spiro atoms. The normalized spacial score (nSPS) is 10.3. The predicted molar refractivity (Wildman–Crippen MR) is 94.6 cm³/mol. The van der Waals surface area contributed by atoms with Crippen molar-refractivity contribution in [3.05, 3.63) is 38.8 Å². The fourth-order valence-corrected chi connectivity index (χ4v) is 2.86. The lowest BCUT2D eigenvalue weighted by molar-refractivity contribution is 0.0956. The monoisotopic (exact) mass is 367 g/mol. The maximum atomic E-state index is 11.9. The second-order valence-electron chi connectivity index (χ2n) is 4.80. The number of nitrogens with zero attached hydrogens (tertiary/aromatic N) is 2. The number of nitrogens with one attached hydrogen (secondary N) is 3.